The maximum Gasteiger partial charge on any atom is 0.249 e. The van der Waals surface area contributed by atoms with Gasteiger partial charge in [0.25, 0.3) is 0 Å². The van der Waals surface area contributed by atoms with E-state index in [4.69, 9.17) is 0 Å². The fourth-order valence-electron chi connectivity index (χ4n) is 3.80. The molecule has 1 N–H and O–H groups in total. The third-order valence-corrected chi connectivity index (χ3v) is 5.42. The van der Waals surface area contributed by atoms with Crippen molar-refractivity contribution in [1.82, 2.24) is 25.0 Å². The van der Waals surface area contributed by atoms with Crippen molar-refractivity contribution >= 4 is 22.6 Å². The Morgan fingerprint density at radius 3 is 2.66 bits per heavy atom. The molecule has 0 saturated carbocycles. The Morgan fingerprint density at radius 1 is 1.03 bits per heavy atom. The number of hydrogen-bond donors (Lipinski definition) is 1. The minimum atomic E-state index is -0.0588. The van der Waals surface area contributed by atoms with Crippen LogP contribution >= 0.6 is 0 Å². The van der Waals surface area contributed by atoms with Gasteiger partial charge < -0.3 is 9.88 Å². The van der Waals surface area contributed by atoms with Crippen molar-refractivity contribution in [3.63, 3.8) is 0 Å². The molecule has 3 aromatic carbocycles. The van der Waals surface area contributed by atoms with E-state index < -0.39 is 0 Å². The van der Waals surface area contributed by atoms with Crippen LogP contribution in [0.5, 0.6) is 0 Å². The highest BCUT2D eigenvalue weighted by Crippen LogP contribution is 2.24. The van der Waals surface area contributed by atoms with Crippen LogP contribution in [0.15, 0.2) is 85.3 Å². The molecule has 32 heavy (non-hydrogen) atoms. The molecule has 2 heterocycles. The zero-order valence-electron chi connectivity index (χ0n) is 17.6. The number of nitrogens with zero attached hydrogens (tertiary/aromatic N) is 5. The van der Waals surface area contributed by atoms with Crippen molar-refractivity contribution in [2.75, 3.05) is 4.90 Å². The summed E-state index contributed by atoms with van der Waals surface area (Å²) in [5.74, 6) is -0.0588. The van der Waals surface area contributed by atoms with Crippen molar-refractivity contribution in [3.8, 4) is 11.3 Å². The molecule has 0 unspecified atom stereocenters. The first kappa shape index (κ1) is 19.7. The minimum absolute atomic E-state index is 0.0588. The van der Waals surface area contributed by atoms with Gasteiger partial charge in [-0.1, -0.05) is 59.3 Å². The number of benzene rings is 3. The molecule has 7 heteroatoms. The maximum atomic E-state index is 13.5. The van der Waals surface area contributed by atoms with Gasteiger partial charge in [-0.3, -0.25) is 4.79 Å². The average molecular weight is 422 g/mol. The Balaban J connectivity index is 1.46. The van der Waals surface area contributed by atoms with E-state index in [0.29, 0.717) is 6.54 Å². The number of rotatable bonds is 6. The molecule has 2 aromatic heterocycles. The Hall–Kier alpha value is -4.26. The topological polar surface area (TPSA) is 79.7 Å². The SMILES string of the molecule is Cc1cccc(CN(C(=O)Cn2nnc3ccccc32)c2ccc(-c3cnc[nH]3)cc2)c1. The summed E-state index contributed by atoms with van der Waals surface area (Å²) in [7, 11) is 0. The van der Waals surface area contributed by atoms with E-state index in [2.05, 4.69) is 39.3 Å². The molecule has 0 aliphatic rings. The molecule has 0 atom stereocenters. The van der Waals surface area contributed by atoms with Crippen LogP contribution in [0.2, 0.25) is 0 Å². The number of aromatic amines is 1. The van der Waals surface area contributed by atoms with Gasteiger partial charge in [0, 0.05) is 5.69 Å². The normalized spacial score (nSPS) is 11.0. The summed E-state index contributed by atoms with van der Waals surface area (Å²) in [5, 5.41) is 8.36. The van der Waals surface area contributed by atoms with Gasteiger partial charge in [0.1, 0.15) is 12.1 Å². The Kier molecular flexibility index (Phi) is 5.21. The van der Waals surface area contributed by atoms with Crippen molar-refractivity contribution in [1.29, 1.82) is 0 Å². The first-order valence-corrected chi connectivity index (χ1v) is 10.4. The zero-order chi connectivity index (χ0) is 21.9. The lowest BCUT2D eigenvalue weighted by Crippen LogP contribution is -2.33. The van der Waals surface area contributed by atoms with Gasteiger partial charge >= 0.3 is 0 Å². The molecule has 5 aromatic rings. The monoisotopic (exact) mass is 422 g/mol. The summed E-state index contributed by atoms with van der Waals surface area (Å²) in [4.78, 5) is 22.5. The Morgan fingerprint density at radius 2 is 1.88 bits per heavy atom. The van der Waals surface area contributed by atoms with Crippen LogP contribution in [0.25, 0.3) is 22.3 Å². The quantitative estimate of drug-likeness (QED) is 0.441. The highest BCUT2D eigenvalue weighted by molar-refractivity contribution is 5.94. The van der Waals surface area contributed by atoms with E-state index in [-0.39, 0.29) is 12.5 Å². The van der Waals surface area contributed by atoms with Crippen molar-refractivity contribution < 1.29 is 4.79 Å². The van der Waals surface area contributed by atoms with Gasteiger partial charge in [0.15, 0.2) is 0 Å². The summed E-state index contributed by atoms with van der Waals surface area (Å²) < 4.78 is 1.65. The Labute approximate surface area is 185 Å². The largest absolute Gasteiger partial charge is 0.345 e. The molecule has 0 fully saturated rings. The minimum Gasteiger partial charge on any atom is -0.345 e. The van der Waals surface area contributed by atoms with Gasteiger partial charge in [-0.15, -0.1) is 5.10 Å². The van der Waals surface area contributed by atoms with Gasteiger partial charge in [0.2, 0.25) is 5.91 Å². The van der Waals surface area contributed by atoms with E-state index >= 15 is 0 Å². The molecule has 0 saturated heterocycles. The number of anilines is 1. The number of aromatic nitrogens is 5. The molecule has 0 spiro atoms. The summed E-state index contributed by atoms with van der Waals surface area (Å²) >= 11 is 0. The highest BCUT2D eigenvalue weighted by atomic mass is 16.2. The van der Waals surface area contributed by atoms with Gasteiger partial charge in [-0.2, -0.15) is 0 Å². The van der Waals surface area contributed by atoms with E-state index in [1.54, 1.807) is 22.1 Å². The van der Waals surface area contributed by atoms with E-state index in [1.165, 1.54) is 0 Å². The van der Waals surface area contributed by atoms with Crippen LogP contribution < -0.4 is 4.90 Å². The third kappa shape index (κ3) is 4.00. The summed E-state index contributed by atoms with van der Waals surface area (Å²) in [6.45, 7) is 2.63. The average Bonchev–Trinajstić information content (AvgIpc) is 3.49. The van der Waals surface area contributed by atoms with Crippen LogP contribution in [-0.4, -0.2) is 30.9 Å². The van der Waals surface area contributed by atoms with E-state index in [0.717, 1.165) is 39.1 Å². The second kappa shape index (κ2) is 8.47. The van der Waals surface area contributed by atoms with E-state index in [9.17, 15) is 4.79 Å². The Bertz CT molecular complexity index is 1360. The predicted molar refractivity (Wildman–Crippen MR) is 124 cm³/mol. The lowest BCUT2D eigenvalue weighted by molar-refractivity contribution is -0.119. The number of para-hydroxylation sites is 1. The molecule has 1 amide bonds. The first-order valence-electron chi connectivity index (χ1n) is 10.4. The van der Waals surface area contributed by atoms with Crippen molar-refractivity contribution in [3.05, 3.63) is 96.4 Å². The number of carbonyl (C=O) groups is 1. The molecule has 7 nitrogen and oxygen atoms in total. The van der Waals surface area contributed by atoms with E-state index in [1.807, 2.05) is 60.7 Å². The third-order valence-electron chi connectivity index (χ3n) is 5.42. The van der Waals surface area contributed by atoms with Gasteiger partial charge in [0.05, 0.1) is 30.3 Å². The standard InChI is InChI=1S/C25H22N6O/c1-18-5-4-6-19(13-18)15-30(21-11-9-20(10-12-21)23-14-26-17-27-23)25(32)16-31-24-8-3-2-7-22(24)28-29-31/h2-14,17H,15-16H2,1H3,(H,26,27). The highest BCUT2D eigenvalue weighted by Gasteiger charge is 2.19. The predicted octanol–water partition coefficient (Wildman–Crippen LogP) is 4.36. The molecule has 0 aliphatic carbocycles. The number of carbonyl (C=O) groups excluding carboxylic acids is 1. The van der Waals surface area contributed by atoms with Gasteiger partial charge in [-0.05, 0) is 42.3 Å². The lowest BCUT2D eigenvalue weighted by Gasteiger charge is -2.23. The van der Waals surface area contributed by atoms with Crippen LogP contribution in [-0.2, 0) is 17.9 Å². The fourth-order valence-corrected chi connectivity index (χ4v) is 3.80. The fraction of sp³-hybridized carbons (Fsp3) is 0.120. The zero-order valence-corrected chi connectivity index (χ0v) is 17.6. The number of imidazole rings is 1. The molecule has 158 valence electrons. The number of hydrogen-bond acceptors (Lipinski definition) is 4. The number of aryl methyl sites for hydroxylation is 1. The molecular formula is C25H22N6O. The van der Waals surface area contributed by atoms with Crippen LogP contribution in [0.4, 0.5) is 5.69 Å². The first-order chi connectivity index (χ1) is 15.7. The van der Waals surface area contributed by atoms with Crippen LogP contribution in [0.1, 0.15) is 11.1 Å². The summed E-state index contributed by atoms with van der Waals surface area (Å²) in [5.41, 5.74) is 6.61. The maximum absolute atomic E-state index is 13.5. The van der Waals surface area contributed by atoms with Crippen molar-refractivity contribution in [2.24, 2.45) is 0 Å². The second-order valence-corrected chi connectivity index (χ2v) is 7.72. The number of nitrogens with one attached hydrogen (secondary N) is 1. The summed E-state index contributed by atoms with van der Waals surface area (Å²) in [6, 6.07) is 23.8. The lowest BCUT2D eigenvalue weighted by atomic mass is 10.1. The second-order valence-electron chi connectivity index (χ2n) is 7.72. The molecular weight excluding hydrogens is 400 g/mol. The molecule has 0 aliphatic heterocycles. The van der Waals surface area contributed by atoms with Crippen LogP contribution in [0, 0.1) is 6.92 Å². The molecule has 0 bridgehead atoms. The van der Waals surface area contributed by atoms with Crippen molar-refractivity contribution in [2.45, 2.75) is 20.0 Å². The van der Waals surface area contributed by atoms with Crippen LogP contribution in [0.3, 0.4) is 0 Å². The smallest absolute Gasteiger partial charge is 0.249 e. The number of fused-ring (bicyclic) bond motifs is 1. The summed E-state index contributed by atoms with van der Waals surface area (Å²) in [6.07, 6.45) is 3.43. The molecule has 0 radical (unpaired) electrons. The number of amides is 1. The number of H-pyrrole nitrogens is 1. The van der Waals surface area contributed by atoms with Gasteiger partial charge in [-0.25, -0.2) is 9.67 Å². The molecule has 5 rings (SSSR count).